The Morgan fingerprint density at radius 1 is 1.19 bits per heavy atom. The summed E-state index contributed by atoms with van der Waals surface area (Å²) in [7, 11) is 0. The van der Waals surface area contributed by atoms with Gasteiger partial charge in [-0.25, -0.2) is 0 Å². The van der Waals surface area contributed by atoms with Gasteiger partial charge in [-0.1, -0.05) is 44.2 Å². The third-order valence-electron chi connectivity index (χ3n) is 3.23. The Balaban J connectivity index is 2.15. The average molecular weight is 291 g/mol. The number of hydrogen-bond acceptors (Lipinski definition) is 3. The molecule has 0 radical (unpaired) electrons. The molecule has 0 aromatic heterocycles. The van der Waals surface area contributed by atoms with E-state index in [0.29, 0.717) is 32.4 Å². The Bertz CT molecular complexity index is 431. The molecule has 0 spiro atoms. The van der Waals surface area contributed by atoms with Crippen LogP contribution in [0, 0.1) is 0 Å². The summed E-state index contributed by atoms with van der Waals surface area (Å²) in [5.41, 5.74) is 1.21. The first-order chi connectivity index (χ1) is 10.1. The molecule has 1 N–H and O–H groups in total. The van der Waals surface area contributed by atoms with Crippen LogP contribution < -0.4 is 5.32 Å². The van der Waals surface area contributed by atoms with Crippen LogP contribution >= 0.6 is 0 Å². The fourth-order valence-corrected chi connectivity index (χ4v) is 1.94. The summed E-state index contributed by atoms with van der Waals surface area (Å²) in [5, 5.41) is 2.91. The van der Waals surface area contributed by atoms with Gasteiger partial charge in [0.1, 0.15) is 0 Å². The molecule has 1 unspecified atom stereocenters. The lowest BCUT2D eigenvalue weighted by molar-refractivity contribution is -0.143. The lowest BCUT2D eigenvalue weighted by Crippen LogP contribution is -2.27. The minimum absolute atomic E-state index is 0.0129. The van der Waals surface area contributed by atoms with Gasteiger partial charge in [0.2, 0.25) is 5.91 Å². The van der Waals surface area contributed by atoms with Gasteiger partial charge in [-0.3, -0.25) is 9.59 Å². The second-order valence-corrected chi connectivity index (χ2v) is 5.19. The number of carbonyl (C=O) groups is 2. The standard InChI is InChI=1S/C17H25NO3/c1-3-12-21-17(20)11-7-10-16(19)18-13-14(2)15-8-5-4-6-9-15/h4-6,8-9,14H,3,7,10-13H2,1-2H3,(H,18,19). The average Bonchev–Trinajstić information content (AvgIpc) is 2.51. The molecule has 0 bridgehead atoms. The molecule has 116 valence electrons. The molecule has 1 aromatic rings. The van der Waals surface area contributed by atoms with Gasteiger partial charge in [-0.05, 0) is 24.3 Å². The van der Waals surface area contributed by atoms with Crippen molar-refractivity contribution in [3.8, 4) is 0 Å². The Morgan fingerprint density at radius 2 is 1.90 bits per heavy atom. The number of esters is 1. The maximum Gasteiger partial charge on any atom is 0.305 e. The molecule has 0 aliphatic heterocycles. The molecule has 0 aliphatic carbocycles. The van der Waals surface area contributed by atoms with Crippen LogP contribution in [0.2, 0.25) is 0 Å². The number of hydrogen-bond donors (Lipinski definition) is 1. The van der Waals surface area contributed by atoms with Gasteiger partial charge in [-0.2, -0.15) is 0 Å². The van der Waals surface area contributed by atoms with Crippen LogP contribution in [0.1, 0.15) is 51.0 Å². The topological polar surface area (TPSA) is 55.4 Å². The normalized spacial score (nSPS) is 11.7. The van der Waals surface area contributed by atoms with Crippen LogP contribution in [-0.2, 0) is 14.3 Å². The molecule has 0 heterocycles. The van der Waals surface area contributed by atoms with Gasteiger partial charge in [0.05, 0.1) is 6.61 Å². The third kappa shape index (κ3) is 7.49. The van der Waals surface area contributed by atoms with Gasteiger partial charge >= 0.3 is 5.97 Å². The van der Waals surface area contributed by atoms with Crippen LogP contribution in [0.5, 0.6) is 0 Å². The fraction of sp³-hybridized carbons (Fsp3) is 0.529. The van der Waals surface area contributed by atoms with Crippen LogP contribution in [0.25, 0.3) is 0 Å². The van der Waals surface area contributed by atoms with Crippen LogP contribution in [0.4, 0.5) is 0 Å². The maximum absolute atomic E-state index is 11.7. The van der Waals surface area contributed by atoms with Crippen LogP contribution in [0.15, 0.2) is 30.3 Å². The second-order valence-electron chi connectivity index (χ2n) is 5.19. The zero-order chi connectivity index (χ0) is 15.5. The monoisotopic (exact) mass is 291 g/mol. The van der Waals surface area contributed by atoms with Crippen molar-refractivity contribution in [3.63, 3.8) is 0 Å². The molecule has 0 saturated carbocycles. The number of nitrogens with one attached hydrogen (secondary N) is 1. The molecule has 1 aromatic carbocycles. The Kier molecular flexibility index (Phi) is 8.17. The molecule has 21 heavy (non-hydrogen) atoms. The van der Waals surface area contributed by atoms with E-state index in [1.165, 1.54) is 5.56 Å². The highest BCUT2D eigenvalue weighted by Crippen LogP contribution is 2.13. The molecular formula is C17H25NO3. The van der Waals surface area contributed by atoms with Crippen molar-refractivity contribution >= 4 is 11.9 Å². The number of amides is 1. The summed E-state index contributed by atoms with van der Waals surface area (Å²) < 4.78 is 4.96. The van der Waals surface area contributed by atoms with Gasteiger partial charge < -0.3 is 10.1 Å². The molecule has 1 rings (SSSR count). The Hall–Kier alpha value is -1.84. The predicted molar refractivity (Wildman–Crippen MR) is 83.0 cm³/mol. The van der Waals surface area contributed by atoms with E-state index in [-0.39, 0.29) is 17.8 Å². The highest BCUT2D eigenvalue weighted by molar-refractivity contribution is 5.77. The van der Waals surface area contributed by atoms with E-state index in [9.17, 15) is 9.59 Å². The first-order valence-electron chi connectivity index (χ1n) is 7.60. The fourth-order valence-electron chi connectivity index (χ4n) is 1.94. The summed E-state index contributed by atoms with van der Waals surface area (Å²) >= 11 is 0. The molecule has 0 fully saturated rings. The summed E-state index contributed by atoms with van der Waals surface area (Å²) in [6.45, 7) is 5.11. The van der Waals surface area contributed by atoms with E-state index >= 15 is 0 Å². The van der Waals surface area contributed by atoms with Crippen molar-refractivity contribution in [2.75, 3.05) is 13.2 Å². The maximum atomic E-state index is 11.7. The summed E-state index contributed by atoms with van der Waals surface area (Å²) in [5.74, 6) is 0.0491. The van der Waals surface area contributed by atoms with E-state index in [1.807, 2.05) is 25.1 Å². The zero-order valence-electron chi connectivity index (χ0n) is 12.9. The lowest BCUT2D eigenvalue weighted by atomic mass is 10.0. The SMILES string of the molecule is CCCOC(=O)CCCC(=O)NCC(C)c1ccccc1. The van der Waals surface area contributed by atoms with Crippen LogP contribution in [-0.4, -0.2) is 25.0 Å². The van der Waals surface area contributed by atoms with Crippen molar-refractivity contribution < 1.29 is 14.3 Å². The molecule has 1 amide bonds. The van der Waals surface area contributed by atoms with Crippen molar-refractivity contribution in [1.82, 2.24) is 5.32 Å². The Morgan fingerprint density at radius 3 is 2.57 bits per heavy atom. The summed E-state index contributed by atoms with van der Waals surface area (Å²) in [4.78, 5) is 23.0. The third-order valence-corrected chi connectivity index (χ3v) is 3.23. The van der Waals surface area contributed by atoms with Gasteiger partial charge in [0, 0.05) is 19.4 Å². The van der Waals surface area contributed by atoms with Crippen molar-refractivity contribution in [1.29, 1.82) is 0 Å². The van der Waals surface area contributed by atoms with Gasteiger partial charge in [-0.15, -0.1) is 0 Å². The largest absolute Gasteiger partial charge is 0.466 e. The van der Waals surface area contributed by atoms with Crippen molar-refractivity contribution in [2.45, 2.75) is 45.4 Å². The lowest BCUT2D eigenvalue weighted by Gasteiger charge is -2.13. The first kappa shape index (κ1) is 17.2. The van der Waals surface area contributed by atoms with Crippen molar-refractivity contribution in [2.24, 2.45) is 0 Å². The number of carbonyl (C=O) groups excluding carboxylic acids is 2. The number of ether oxygens (including phenoxy) is 1. The van der Waals surface area contributed by atoms with Crippen molar-refractivity contribution in [3.05, 3.63) is 35.9 Å². The quantitative estimate of drug-likeness (QED) is 0.711. The molecule has 1 atom stereocenters. The highest BCUT2D eigenvalue weighted by atomic mass is 16.5. The van der Waals surface area contributed by atoms with E-state index in [1.54, 1.807) is 0 Å². The summed E-state index contributed by atoms with van der Waals surface area (Å²) in [6, 6.07) is 10.1. The highest BCUT2D eigenvalue weighted by Gasteiger charge is 2.09. The van der Waals surface area contributed by atoms with Gasteiger partial charge in [0.25, 0.3) is 0 Å². The zero-order valence-corrected chi connectivity index (χ0v) is 12.9. The number of rotatable bonds is 9. The smallest absolute Gasteiger partial charge is 0.305 e. The minimum Gasteiger partial charge on any atom is -0.466 e. The second kappa shape index (κ2) is 9.97. The minimum atomic E-state index is -0.220. The first-order valence-corrected chi connectivity index (χ1v) is 7.60. The van der Waals surface area contributed by atoms with E-state index < -0.39 is 0 Å². The molecule has 4 nitrogen and oxygen atoms in total. The Labute approximate surface area is 126 Å². The van der Waals surface area contributed by atoms with Crippen LogP contribution in [0.3, 0.4) is 0 Å². The molecule has 0 saturated heterocycles. The molecular weight excluding hydrogens is 266 g/mol. The van der Waals surface area contributed by atoms with E-state index in [0.717, 1.165) is 6.42 Å². The summed E-state index contributed by atoms with van der Waals surface area (Å²) in [6.07, 6.45) is 2.03. The molecule has 0 aliphatic rings. The predicted octanol–water partition coefficient (Wildman–Crippen LogP) is 3.03. The van der Waals surface area contributed by atoms with E-state index in [4.69, 9.17) is 4.74 Å². The van der Waals surface area contributed by atoms with Gasteiger partial charge in [0.15, 0.2) is 0 Å². The van der Waals surface area contributed by atoms with E-state index in [2.05, 4.69) is 24.4 Å². The number of benzene rings is 1. The molecule has 4 heteroatoms.